The molecule has 10 heavy (non-hydrogen) atoms. The van der Waals surface area contributed by atoms with Crippen molar-refractivity contribution in [3.63, 3.8) is 0 Å². The van der Waals surface area contributed by atoms with E-state index in [0.29, 0.717) is 0 Å². The summed E-state index contributed by atoms with van der Waals surface area (Å²) in [5, 5.41) is 1.12. The quantitative estimate of drug-likeness (QED) is 0.566. The fourth-order valence-corrected chi connectivity index (χ4v) is 1.19. The second kappa shape index (κ2) is 2.02. The summed E-state index contributed by atoms with van der Waals surface area (Å²) in [5.74, 6) is 0. The molecule has 0 saturated heterocycles. The number of hydrogen-bond donors (Lipinski definition) is 1. The third-order valence-corrected chi connectivity index (χ3v) is 1.75. The van der Waals surface area contributed by atoms with E-state index in [-0.39, 0.29) is 0 Å². The van der Waals surface area contributed by atoms with Gasteiger partial charge >= 0.3 is 0 Å². The van der Waals surface area contributed by atoms with Crippen LogP contribution < -0.4 is 0 Å². The van der Waals surface area contributed by atoms with Gasteiger partial charge in [-0.15, -0.1) is 0 Å². The maximum Gasteiger partial charge on any atom is 0.149 e. The van der Waals surface area contributed by atoms with E-state index in [1.165, 1.54) is 0 Å². The van der Waals surface area contributed by atoms with E-state index in [0.717, 1.165) is 11.0 Å². The Balaban J connectivity index is 2.93. The Morgan fingerprint density at radius 2 is 2.30 bits per heavy atom. The van der Waals surface area contributed by atoms with Gasteiger partial charge in [0.15, 0.2) is 0 Å². The monoisotopic (exact) mass is 150 g/mol. The van der Waals surface area contributed by atoms with Gasteiger partial charge in [-0.3, -0.25) is 3.97 Å². The van der Waals surface area contributed by atoms with Crippen LogP contribution in [-0.2, 0) is 0 Å². The van der Waals surface area contributed by atoms with Gasteiger partial charge in [0.25, 0.3) is 0 Å². The van der Waals surface area contributed by atoms with Crippen LogP contribution in [0.4, 0.5) is 0 Å². The largest absolute Gasteiger partial charge is 0.278 e. The SMILES string of the molecule is Sn1ccc2cccnc21. The summed E-state index contributed by atoms with van der Waals surface area (Å²) in [6.45, 7) is 0. The predicted molar refractivity (Wildman–Crippen MR) is 44.1 cm³/mol. The van der Waals surface area contributed by atoms with Crippen LogP contribution in [-0.4, -0.2) is 8.96 Å². The van der Waals surface area contributed by atoms with Gasteiger partial charge in [-0.25, -0.2) is 4.98 Å². The third kappa shape index (κ3) is 0.708. The zero-order chi connectivity index (χ0) is 6.97. The fraction of sp³-hybridized carbons (Fsp3) is 0. The van der Waals surface area contributed by atoms with E-state index in [9.17, 15) is 0 Å². The van der Waals surface area contributed by atoms with E-state index < -0.39 is 0 Å². The molecule has 0 aromatic carbocycles. The Labute approximate surface area is 64.0 Å². The predicted octanol–water partition coefficient (Wildman–Crippen LogP) is 1.73. The molecular weight excluding hydrogens is 144 g/mol. The minimum Gasteiger partial charge on any atom is -0.278 e. The first-order valence-electron chi connectivity index (χ1n) is 2.99. The van der Waals surface area contributed by atoms with Gasteiger partial charge in [0.05, 0.1) is 0 Å². The number of rotatable bonds is 0. The summed E-state index contributed by atoms with van der Waals surface area (Å²) in [6.07, 6.45) is 3.63. The molecule has 0 spiro atoms. The summed E-state index contributed by atoms with van der Waals surface area (Å²) in [5.41, 5.74) is 0.908. The average molecular weight is 150 g/mol. The van der Waals surface area contributed by atoms with Gasteiger partial charge in [-0.2, -0.15) is 0 Å². The maximum atomic E-state index is 4.16. The van der Waals surface area contributed by atoms with Crippen LogP contribution in [0.15, 0.2) is 30.6 Å². The lowest BCUT2D eigenvalue weighted by Gasteiger charge is -1.89. The molecule has 2 rings (SSSR count). The molecule has 0 aliphatic rings. The molecule has 3 heteroatoms. The molecule has 50 valence electrons. The molecule has 0 unspecified atom stereocenters. The Morgan fingerprint density at radius 3 is 3.10 bits per heavy atom. The van der Waals surface area contributed by atoms with Crippen LogP contribution in [0, 0.1) is 0 Å². The molecule has 0 radical (unpaired) electrons. The van der Waals surface area contributed by atoms with E-state index in [1.54, 1.807) is 10.2 Å². The Morgan fingerprint density at radius 1 is 1.40 bits per heavy atom. The molecule has 2 aromatic rings. The van der Waals surface area contributed by atoms with Gasteiger partial charge in [0.2, 0.25) is 0 Å². The van der Waals surface area contributed by atoms with Crippen LogP contribution >= 0.6 is 12.8 Å². The zero-order valence-corrected chi connectivity index (χ0v) is 6.12. The van der Waals surface area contributed by atoms with Crippen LogP contribution in [0.2, 0.25) is 0 Å². The molecule has 0 aliphatic heterocycles. The van der Waals surface area contributed by atoms with Crippen molar-refractivity contribution in [3.8, 4) is 0 Å². The fourth-order valence-electron chi connectivity index (χ4n) is 0.952. The van der Waals surface area contributed by atoms with Crippen LogP contribution in [0.5, 0.6) is 0 Å². The number of pyridine rings is 1. The second-order valence-corrected chi connectivity index (χ2v) is 2.51. The first-order valence-corrected chi connectivity index (χ1v) is 3.39. The highest BCUT2D eigenvalue weighted by Crippen LogP contribution is 2.12. The lowest BCUT2D eigenvalue weighted by molar-refractivity contribution is 1.27. The molecule has 2 nitrogen and oxygen atoms in total. The number of aromatic nitrogens is 2. The van der Waals surface area contributed by atoms with Gasteiger partial charge in [0.1, 0.15) is 5.65 Å². The molecule has 0 fully saturated rings. The highest BCUT2D eigenvalue weighted by atomic mass is 32.1. The Hall–Kier alpha value is -0.960. The lowest BCUT2D eigenvalue weighted by atomic mass is 10.3. The first kappa shape index (κ1) is 5.80. The van der Waals surface area contributed by atoms with Gasteiger partial charge in [0, 0.05) is 17.8 Å². The molecule has 0 N–H and O–H groups in total. The van der Waals surface area contributed by atoms with Crippen LogP contribution in [0.3, 0.4) is 0 Å². The van der Waals surface area contributed by atoms with Crippen LogP contribution in [0.25, 0.3) is 11.0 Å². The summed E-state index contributed by atoms with van der Waals surface area (Å²) in [7, 11) is 0. The van der Waals surface area contributed by atoms with Crippen LogP contribution in [0.1, 0.15) is 0 Å². The molecule has 0 amide bonds. The van der Waals surface area contributed by atoms with Crippen molar-refractivity contribution in [3.05, 3.63) is 30.6 Å². The first-order chi connectivity index (χ1) is 4.88. The number of nitrogens with zero attached hydrogens (tertiary/aromatic N) is 2. The number of fused-ring (bicyclic) bond motifs is 1. The van der Waals surface area contributed by atoms with E-state index in [4.69, 9.17) is 0 Å². The van der Waals surface area contributed by atoms with Gasteiger partial charge in [-0.1, -0.05) is 12.8 Å². The van der Waals surface area contributed by atoms with Crippen molar-refractivity contribution in [2.75, 3.05) is 0 Å². The standard InChI is InChI=1S/C7H6N2S/c10-9-5-3-6-2-1-4-8-7(6)9/h1-5,10H. The molecule has 2 heterocycles. The molecule has 0 saturated carbocycles. The van der Waals surface area contributed by atoms with E-state index in [1.807, 2.05) is 24.4 Å². The highest BCUT2D eigenvalue weighted by molar-refractivity contribution is 7.78. The smallest absolute Gasteiger partial charge is 0.149 e. The number of thiol groups is 1. The minimum absolute atomic E-state index is 0.908. The summed E-state index contributed by atoms with van der Waals surface area (Å²) >= 11 is 4.16. The summed E-state index contributed by atoms with van der Waals surface area (Å²) in [6, 6.07) is 5.90. The van der Waals surface area contributed by atoms with Crippen molar-refractivity contribution in [2.24, 2.45) is 0 Å². The van der Waals surface area contributed by atoms with Crippen molar-refractivity contribution in [2.45, 2.75) is 0 Å². The Bertz CT molecular complexity index is 353. The molecule has 0 atom stereocenters. The van der Waals surface area contributed by atoms with E-state index in [2.05, 4.69) is 17.8 Å². The molecule has 2 aromatic heterocycles. The number of hydrogen-bond acceptors (Lipinski definition) is 2. The van der Waals surface area contributed by atoms with Crippen molar-refractivity contribution >= 4 is 23.8 Å². The highest BCUT2D eigenvalue weighted by Gasteiger charge is 1.94. The maximum absolute atomic E-state index is 4.16. The average Bonchev–Trinajstić information content (AvgIpc) is 2.34. The third-order valence-electron chi connectivity index (χ3n) is 1.43. The van der Waals surface area contributed by atoms with Crippen molar-refractivity contribution < 1.29 is 0 Å². The topological polar surface area (TPSA) is 17.8 Å². The van der Waals surface area contributed by atoms with Crippen molar-refractivity contribution in [1.29, 1.82) is 0 Å². The summed E-state index contributed by atoms with van der Waals surface area (Å²) < 4.78 is 1.70. The van der Waals surface area contributed by atoms with Crippen molar-refractivity contribution in [1.82, 2.24) is 8.96 Å². The van der Waals surface area contributed by atoms with Gasteiger partial charge < -0.3 is 0 Å². The normalized spacial score (nSPS) is 10.5. The lowest BCUT2D eigenvalue weighted by Crippen LogP contribution is -1.78. The van der Waals surface area contributed by atoms with Gasteiger partial charge in [-0.05, 0) is 18.2 Å². The molecule has 0 aliphatic carbocycles. The Kier molecular flexibility index (Phi) is 1.17. The minimum atomic E-state index is 0.908. The van der Waals surface area contributed by atoms with E-state index >= 15 is 0 Å². The molecular formula is C7H6N2S. The zero-order valence-electron chi connectivity index (χ0n) is 5.23. The molecule has 0 bridgehead atoms. The summed E-state index contributed by atoms with van der Waals surface area (Å²) in [4.78, 5) is 4.13. The second-order valence-electron chi connectivity index (χ2n) is 2.08.